The molecule has 1 saturated heterocycles. The maximum atomic E-state index is 12.9. The number of carbonyl (C=O) groups excluding carboxylic acids is 6. The lowest BCUT2D eigenvalue weighted by molar-refractivity contribution is -0.148. The molecule has 0 aromatic rings. The average Bonchev–Trinajstić information content (AvgIpc) is 3.24. The summed E-state index contributed by atoms with van der Waals surface area (Å²) in [6.07, 6.45) is 3.50. The monoisotopic (exact) mass is 505 g/mol. The number of amides is 5. The Hall–Kier alpha value is -2.48. The Kier molecular flexibility index (Phi) is 12.1. The number of hydrogen-bond donors (Lipinski definition) is 2. The average molecular weight is 506 g/mol. The molecule has 0 saturated carbocycles. The SMILES string of the molecule is CSSC(C)C(=O)N1CCCC1C(=O)N(C)CC(=O)NC(COC(=O)CN(C)C=O)C(N)=O. The van der Waals surface area contributed by atoms with Gasteiger partial charge in [0.25, 0.3) is 0 Å². The third-order valence-corrected chi connectivity index (χ3v) is 6.94. The van der Waals surface area contributed by atoms with Crippen molar-refractivity contribution < 1.29 is 33.5 Å². The lowest BCUT2D eigenvalue weighted by Gasteiger charge is -2.29. The Labute approximate surface area is 200 Å². The van der Waals surface area contributed by atoms with E-state index in [0.29, 0.717) is 25.8 Å². The van der Waals surface area contributed by atoms with E-state index in [9.17, 15) is 28.8 Å². The van der Waals surface area contributed by atoms with Crippen LogP contribution in [0.25, 0.3) is 0 Å². The molecule has 1 aliphatic rings. The smallest absolute Gasteiger partial charge is 0.325 e. The number of nitrogens with zero attached hydrogens (tertiary/aromatic N) is 3. The van der Waals surface area contributed by atoms with Gasteiger partial charge >= 0.3 is 5.97 Å². The molecule has 1 rings (SSSR count). The molecule has 33 heavy (non-hydrogen) atoms. The molecule has 0 spiro atoms. The van der Waals surface area contributed by atoms with Gasteiger partial charge in [-0.25, -0.2) is 0 Å². The minimum atomic E-state index is -1.31. The van der Waals surface area contributed by atoms with Crippen LogP contribution in [0.15, 0.2) is 0 Å². The number of esters is 1. The van der Waals surface area contributed by atoms with E-state index in [1.165, 1.54) is 40.6 Å². The van der Waals surface area contributed by atoms with Gasteiger partial charge in [-0.05, 0) is 26.0 Å². The van der Waals surface area contributed by atoms with Gasteiger partial charge in [0.1, 0.15) is 25.2 Å². The van der Waals surface area contributed by atoms with Gasteiger partial charge in [0, 0.05) is 20.6 Å². The molecule has 0 aliphatic carbocycles. The summed E-state index contributed by atoms with van der Waals surface area (Å²) < 4.78 is 4.87. The minimum absolute atomic E-state index is 0.126. The first-order valence-electron chi connectivity index (χ1n) is 10.2. The zero-order valence-corrected chi connectivity index (χ0v) is 20.8. The zero-order valence-electron chi connectivity index (χ0n) is 19.1. The molecule has 1 heterocycles. The maximum Gasteiger partial charge on any atom is 0.325 e. The molecule has 1 fully saturated rings. The topological polar surface area (TPSA) is 159 Å². The lowest BCUT2D eigenvalue weighted by Crippen LogP contribution is -2.53. The lowest BCUT2D eigenvalue weighted by atomic mass is 10.2. The third kappa shape index (κ3) is 9.12. The molecule has 0 aromatic carbocycles. The van der Waals surface area contributed by atoms with Crippen LogP contribution in [0, 0.1) is 0 Å². The Morgan fingerprint density at radius 2 is 1.91 bits per heavy atom. The van der Waals surface area contributed by atoms with Crippen molar-refractivity contribution in [3.05, 3.63) is 0 Å². The summed E-state index contributed by atoms with van der Waals surface area (Å²) in [5.74, 6) is -2.90. The quantitative estimate of drug-likeness (QED) is 0.171. The van der Waals surface area contributed by atoms with Gasteiger partial charge in [0.15, 0.2) is 0 Å². The molecule has 12 nitrogen and oxygen atoms in total. The maximum absolute atomic E-state index is 12.9. The number of rotatable bonds is 13. The first-order chi connectivity index (χ1) is 15.5. The van der Waals surface area contributed by atoms with Gasteiger partial charge in [-0.2, -0.15) is 0 Å². The normalized spacial score (nSPS) is 17.0. The van der Waals surface area contributed by atoms with Gasteiger partial charge in [-0.3, -0.25) is 28.8 Å². The molecule has 3 atom stereocenters. The van der Waals surface area contributed by atoms with Gasteiger partial charge < -0.3 is 30.5 Å². The number of nitrogens with one attached hydrogen (secondary N) is 1. The Balaban J connectivity index is 2.64. The zero-order chi connectivity index (χ0) is 25.1. The predicted molar refractivity (Wildman–Crippen MR) is 124 cm³/mol. The van der Waals surface area contributed by atoms with Crippen LogP contribution < -0.4 is 11.1 Å². The van der Waals surface area contributed by atoms with Gasteiger partial charge in [0.2, 0.25) is 30.0 Å². The van der Waals surface area contributed by atoms with Crippen molar-refractivity contribution in [2.75, 3.05) is 46.6 Å². The van der Waals surface area contributed by atoms with Crippen LogP contribution in [0.3, 0.4) is 0 Å². The fourth-order valence-corrected chi connectivity index (χ4v) is 4.77. The predicted octanol–water partition coefficient (Wildman–Crippen LogP) is -1.56. The van der Waals surface area contributed by atoms with E-state index < -0.39 is 36.5 Å². The number of likely N-dealkylation sites (tertiary alicyclic amines) is 1. The standard InChI is InChI=1S/C19H31N5O7S2/c1-12(33-32-4)18(29)24-7-5-6-14(24)19(30)23(3)8-15(26)21-13(17(20)28)10-31-16(27)9-22(2)11-25/h11-14H,5-10H2,1-4H3,(H2,20,28)(H,21,26). The highest BCUT2D eigenvalue weighted by atomic mass is 33.1. The number of nitrogens with two attached hydrogens (primary N) is 1. The molecular weight excluding hydrogens is 474 g/mol. The Morgan fingerprint density at radius 3 is 2.48 bits per heavy atom. The van der Waals surface area contributed by atoms with Gasteiger partial charge in [0.05, 0.1) is 11.8 Å². The summed E-state index contributed by atoms with van der Waals surface area (Å²) >= 11 is 0. The van der Waals surface area contributed by atoms with Gasteiger partial charge in [-0.1, -0.05) is 21.6 Å². The summed E-state index contributed by atoms with van der Waals surface area (Å²) in [5.41, 5.74) is 5.25. The van der Waals surface area contributed by atoms with Crippen LogP contribution >= 0.6 is 21.6 Å². The molecule has 186 valence electrons. The summed E-state index contributed by atoms with van der Waals surface area (Å²) in [6, 6.07) is -1.96. The largest absolute Gasteiger partial charge is 0.462 e. The minimum Gasteiger partial charge on any atom is -0.462 e. The van der Waals surface area contributed by atoms with Crippen LogP contribution in [-0.2, 0) is 33.5 Å². The van der Waals surface area contributed by atoms with E-state index in [1.807, 2.05) is 6.26 Å². The van der Waals surface area contributed by atoms with Gasteiger partial charge in [-0.15, -0.1) is 0 Å². The van der Waals surface area contributed by atoms with Crippen molar-refractivity contribution in [3.8, 4) is 0 Å². The van der Waals surface area contributed by atoms with Crippen molar-refractivity contribution in [2.45, 2.75) is 37.1 Å². The Morgan fingerprint density at radius 1 is 1.24 bits per heavy atom. The second-order valence-corrected chi connectivity index (χ2v) is 10.3. The summed E-state index contributed by atoms with van der Waals surface area (Å²) in [6.45, 7) is 1.04. The number of hydrogen-bond acceptors (Lipinski definition) is 9. The number of likely N-dealkylation sites (N-methyl/N-ethyl adjacent to an activating group) is 2. The Bertz CT molecular complexity index is 754. The van der Waals surface area contributed by atoms with Crippen LogP contribution in [0.1, 0.15) is 19.8 Å². The van der Waals surface area contributed by atoms with E-state index in [2.05, 4.69) is 5.32 Å². The van der Waals surface area contributed by atoms with E-state index in [4.69, 9.17) is 10.5 Å². The third-order valence-electron chi connectivity index (χ3n) is 4.81. The molecule has 1 aliphatic heterocycles. The highest BCUT2D eigenvalue weighted by Crippen LogP contribution is 2.28. The summed E-state index contributed by atoms with van der Waals surface area (Å²) in [4.78, 5) is 75.5. The molecular formula is C19H31N5O7S2. The van der Waals surface area contributed by atoms with Crippen molar-refractivity contribution in [1.29, 1.82) is 0 Å². The fourth-order valence-electron chi connectivity index (χ4n) is 3.15. The van der Waals surface area contributed by atoms with E-state index in [-0.39, 0.29) is 30.2 Å². The molecule has 3 unspecified atom stereocenters. The van der Waals surface area contributed by atoms with E-state index >= 15 is 0 Å². The number of carbonyl (C=O) groups is 6. The van der Waals surface area contributed by atoms with Crippen LogP contribution in [0.5, 0.6) is 0 Å². The van der Waals surface area contributed by atoms with Crippen LogP contribution in [-0.4, -0.2) is 115 Å². The molecule has 0 radical (unpaired) electrons. The van der Waals surface area contributed by atoms with E-state index in [1.54, 1.807) is 11.8 Å². The molecule has 14 heteroatoms. The summed E-state index contributed by atoms with van der Waals surface area (Å²) in [5, 5.41) is 2.03. The highest BCUT2D eigenvalue weighted by molar-refractivity contribution is 8.76. The molecule has 0 aromatic heterocycles. The first kappa shape index (κ1) is 28.6. The molecule has 0 bridgehead atoms. The van der Waals surface area contributed by atoms with Crippen molar-refractivity contribution in [3.63, 3.8) is 0 Å². The van der Waals surface area contributed by atoms with Crippen molar-refractivity contribution >= 4 is 57.6 Å². The second kappa shape index (κ2) is 13.9. The van der Waals surface area contributed by atoms with Crippen molar-refractivity contribution in [1.82, 2.24) is 20.0 Å². The second-order valence-electron chi connectivity index (χ2n) is 7.52. The highest BCUT2D eigenvalue weighted by Gasteiger charge is 2.37. The number of ether oxygens (including phenoxy) is 1. The first-order valence-corrected chi connectivity index (χ1v) is 12.8. The molecule has 5 amide bonds. The van der Waals surface area contributed by atoms with Crippen molar-refractivity contribution in [2.24, 2.45) is 5.73 Å². The van der Waals surface area contributed by atoms with Crippen LogP contribution in [0.4, 0.5) is 0 Å². The van der Waals surface area contributed by atoms with Crippen LogP contribution in [0.2, 0.25) is 0 Å². The molecule has 3 N–H and O–H groups in total. The summed E-state index contributed by atoms with van der Waals surface area (Å²) in [7, 11) is 5.69. The fraction of sp³-hybridized carbons (Fsp3) is 0.684. The number of primary amides is 1. The van der Waals surface area contributed by atoms with E-state index in [0.717, 1.165) is 4.90 Å².